The fourth-order valence-electron chi connectivity index (χ4n) is 5.53. The molecule has 8 aromatic rings. The molecule has 8 aromatic carbocycles. The Hall–Kier alpha value is -4.32. The van der Waals surface area contributed by atoms with Gasteiger partial charge >= 0.3 is 7.69 Å². The highest BCUT2D eigenvalue weighted by atomic mass is 79.9. The molecule has 0 unspecified atom stereocenters. The molecule has 0 bridgehead atoms. The zero-order valence-electron chi connectivity index (χ0n) is 24.6. The van der Waals surface area contributed by atoms with Crippen LogP contribution < -0.4 is 4.65 Å². The van der Waals surface area contributed by atoms with Crippen LogP contribution in [0.3, 0.4) is 0 Å². The SMILES string of the molecule is Brc1cc2ccccc2c2ccccc12.Clc1cccc(-c2cc3ccccc3c3ccccc23)c1.O[B]Oc1ccc(Cl)cc1. The van der Waals surface area contributed by atoms with E-state index in [2.05, 4.69) is 136 Å². The van der Waals surface area contributed by atoms with Crippen LogP contribution in [-0.4, -0.2) is 12.7 Å². The maximum atomic E-state index is 8.21. The lowest BCUT2D eigenvalue weighted by molar-refractivity contribution is 0.454. The van der Waals surface area contributed by atoms with Crippen LogP contribution in [0.1, 0.15) is 0 Å². The maximum absolute atomic E-state index is 8.21. The molecule has 46 heavy (non-hydrogen) atoms. The minimum atomic E-state index is 0.562. The van der Waals surface area contributed by atoms with E-state index in [4.69, 9.17) is 28.2 Å². The number of benzene rings is 8. The van der Waals surface area contributed by atoms with Crippen molar-refractivity contribution in [2.24, 2.45) is 0 Å². The normalized spacial score (nSPS) is 10.6. The van der Waals surface area contributed by atoms with Crippen LogP contribution in [0.4, 0.5) is 0 Å². The zero-order chi connectivity index (χ0) is 31.9. The predicted molar refractivity (Wildman–Crippen MR) is 201 cm³/mol. The largest absolute Gasteiger partial charge is 0.569 e. The molecule has 0 aromatic heterocycles. The minimum absolute atomic E-state index is 0.562. The van der Waals surface area contributed by atoms with Crippen molar-refractivity contribution >= 4 is 89.9 Å². The Balaban J connectivity index is 0.000000130. The average Bonchev–Trinajstić information content (AvgIpc) is 3.10. The average molecular weight is 701 g/mol. The molecule has 1 N–H and O–H groups in total. The van der Waals surface area contributed by atoms with Crippen LogP contribution in [0, 0.1) is 0 Å². The zero-order valence-corrected chi connectivity index (χ0v) is 27.7. The molecular formula is C40H27BBrCl2O2. The Morgan fingerprint density at radius 2 is 1.00 bits per heavy atom. The Bertz CT molecular complexity index is 2270. The van der Waals surface area contributed by atoms with Crippen molar-refractivity contribution in [3.8, 4) is 16.9 Å². The summed E-state index contributed by atoms with van der Waals surface area (Å²) in [6, 6.07) is 53.2. The van der Waals surface area contributed by atoms with Gasteiger partial charge in [0.1, 0.15) is 5.75 Å². The molecular weight excluding hydrogens is 674 g/mol. The van der Waals surface area contributed by atoms with Gasteiger partial charge in [-0.3, -0.25) is 0 Å². The first kappa shape index (κ1) is 31.7. The summed E-state index contributed by atoms with van der Waals surface area (Å²) in [7, 11) is 0.628. The van der Waals surface area contributed by atoms with Gasteiger partial charge in [0, 0.05) is 14.5 Å². The molecule has 1 radical (unpaired) electrons. The fourth-order valence-corrected chi connectivity index (χ4v) is 6.44. The first-order valence-electron chi connectivity index (χ1n) is 14.6. The predicted octanol–water partition coefficient (Wildman–Crippen LogP) is 12.3. The Morgan fingerprint density at radius 3 is 1.61 bits per heavy atom. The van der Waals surface area contributed by atoms with Gasteiger partial charge in [-0.1, -0.05) is 148 Å². The van der Waals surface area contributed by atoms with Crippen LogP contribution in [-0.2, 0) is 0 Å². The highest BCUT2D eigenvalue weighted by Crippen LogP contribution is 2.35. The fraction of sp³-hybridized carbons (Fsp3) is 0. The lowest BCUT2D eigenvalue weighted by Gasteiger charge is -2.11. The molecule has 0 heterocycles. The van der Waals surface area contributed by atoms with Crippen LogP contribution in [0.25, 0.3) is 54.2 Å². The monoisotopic (exact) mass is 699 g/mol. The van der Waals surface area contributed by atoms with Crippen molar-refractivity contribution in [3.05, 3.63) is 172 Å². The number of rotatable bonds is 3. The van der Waals surface area contributed by atoms with Crippen molar-refractivity contribution in [1.82, 2.24) is 0 Å². The van der Waals surface area contributed by atoms with Crippen LogP contribution >= 0.6 is 39.1 Å². The Kier molecular flexibility index (Phi) is 10.2. The van der Waals surface area contributed by atoms with Crippen molar-refractivity contribution in [3.63, 3.8) is 0 Å². The third-order valence-corrected chi connectivity index (χ3v) is 8.77. The van der Waals surface area contributed by atoms with Gasteiger partial charge in [0.2, 0.25) is 0 Å². The van der Waals surface area contributed by atoms with Crippen molar-refractivity contribution in [2.75, 3.05) is 0 Å². The topological polar surface area (TPSA) is 29.5 Å². The van der Waals surface area contributed by atoms with Gasteiger partial charge in [-0.15, -0.1) is 0 Å². The van der Waals surface area contributed by atoms with E-state index in [1.165, 1.54) is 48.7 Å². The van der Waals surface area contributed by atoms with E-state index in [9.17, 15) is 0 Å². The van der Waals surface area contributed by atoms with Gasteiger partial charge < -0.3 is 9.68 Å². The molecule has 0 amide bonds. The van der Waals surface area contributed by atoms with E-state index in [1.807, 2.05) is 18.2 Å². The van der Waals surface area contributed by atoms with E-state index in [1.54, 1.807) is 24.3 Å². The molecule has 223 valence electrons. The second-order valence-electron chi connectivity index (χ2n) is 10.5. The summed E-state index contributed by atoms with van der Waals surface area (Å²) < 4.78 is 5.80. The second kappa shape index (κ2) is 14.9. The number of hydrogen-bond donors (Lipinski definition) is 1. The molecule has 0 aliphatic heterocycles. The van der Waals surface area contributed by atoms with E-state index < -0.39 is 0 Å². The molecule has 0 atom stereocenters. The van der Waals surface area contributed by atoms with E-state index in [0.29, 0.717) is 18.5 Å². The molecule has 0 spiro atoms. The number of halogens is 3. The molecule has 8 rings (SSSR count). The lowest BCUT2D eigenvalue weighted by Crippen LogP contribution is -1.98. The molecule has 2 nitrogen and oxygen atoms in total. The maximum Gasteiger partial charge on any atom is 0.569 e. The Morgan fingerprint density at radius 1 is 0.478 bits per heavy atom. The molecule has 0 aliphatic rings. The van der Waals surface area contributed by atoms with Gasteiger partial charge in [0.05, 0.1) is 0 Å². The first-order valence-corrected chi connectivity index (χ1v) is 16.2. The molecule has 0 aliphatic carbocycles. The van der Waals surface area contributed by atoms with Gasteiger partial charge in [-0.25, -0.2) is 0 Å². The highest BCUT2D eigenvalue weighted by molar-refractivity contribution is 9.10. The summed E-state index contributed by atoms with van der Waals surface area (Å²) in [6.45, 7) is 0. The third-order valence-electron chi connectivity index (χ3n) is 7.62. The summed E-state index contributed by atoms with van der Waals surface area (Å²) in [5, 5.41) is 19.9. The molecule has 0 saturated carbocycles. The van der Waals surface area contributed by atoms with Gasteiger partial charge in [0.15, 0.2) is 0 Å². The summed E-state index contributed by atoms with van der Waals surface area (Å²) in [6.07, 6.45) is 0. The van der Waals surface area contributed by atoms with E-state index in [0.717, 1.165) is 15.1 Å². The number of fused-ring (bicyclic) bond motifs is 6. The van der Waals surface area contributed by atoms with E-state index in [-0.39, 0.29) is 0 Å². The smallest absolute Gasteiger partial charge is 0.537 e. The summed E-state index contributed by atoms with van der Waals surface area (Å²) >= 11 is 15.4. The highest BCUT2D eigenvalue weighted by Gasteiger charge is 2.08. The minimum Gasteiger partial charge on any atom is -0.537 e. The lowest BCUT2D eigenvalue weighted by atomic mass is 9.93. The molecule has 6 heteroatoms. The first-order chi connectivity index (χ1) is 22.5. The van der Waals surface area contributed by atoms with Crippen LogP contribution in [0.2, 0.25) is 10.0 Å². The Labute approximate surface area is 287 Å². The van der Waals surface area contributed by atoms with Gasteiger partial charge in [-0.2, -0.15) is 0 Å². The van der Waals surface area contributed by atoms with Crippen LogP contribution in [0.15, 0.2) is 162 Å². The standard InChI is InChI=1S/C20H13Cl.C14H9Br.C6H5BClO2/c21-16-8-5-7-14(12-16)20-13-15-6-1-2-9-17(15)18-10-3-4-11-19(18)20;15-14-9-10-5-1-2-6-11(10)12-7-3-4-8-13(12)14;8-5-1-3-6(4-2-5)10-7-9/h1-13H;1-9H;1-4,9H. The van der Waals surface area contributed by atoms with Crippen molar-refractivity contribution < 1.29 is 9.68 Å². The van der Waals surface area contributed by atoms with Gasteiger partial charge in [-0.05, 0) is 103 Å². The van der Waals surface area contributed by atoms with Crippen molar-refractivity contribution in [1.29, 1.82) is 0 Å². The summed E-state index contributed by atoms with van der Waals surface area (Å²) in [4.78, 5) is 0. The van der Waals surface area contributed by atoms with Crippen molar-refractivity contribution in [2.45, 2.75) is 0 Å². The summed E-state index contributed by atoms with van der Waals surface area (Å²) in [5.74, 6) is 0.562. The van der Waals surface area contributed by atoms with E-state index >= 15 is 0 Å². The molecule has 0 fully saturated rings. The quantitative estimate of drug-likeness (QED) is 0.147. The number of hydrogen-bond acceptors (Lipinski definition) is 2. The summed E-state index contributed by atoms with van der Waals surface area (Å²) in [5.41, 5.74) is 2.39. The third kappa shape index (κ3) is 7.22. The van der Waals surface area contributed by atoms with Gasteiger partial charge in [0.25, 0.3) is 0 Å². The second-order valence-corrected chi connectivity index (χ2v) is 12.2. The molecule has 0 saturated heterocycles. The van der Waals surface area contributed by atoms with Crippen LogP contribution in [0.5, 0.6) is 5.75 Å².